The van der Waals surface area contributed by atoms with Gasteiger partial charge >= 0.3 is 0 Å². The fraction of sp³-hybridized carbons (Fsp3) is 0.222. The van der Waals surface area contributed by atoms with E-state index in [-0.39, 0.29) is 16.5 Å². The van der Waals surface area contributed by atoms with E-state index in [0.717, 1.165) is 0 Å². The molecule has 0 aromatic heterocycles. The van der Waals surface area contributed by atoms with Gasteiger partial charge in [-0.1, -0.05) is 11.6 Å². The maximum atomic E-state index is 9.40. The molecular weight excluding hydrogens is 204 g/mol. The third kappa shape index (κ3) is 1.90. The molecule has 0 saturated heterocycles. The number of nitrogens with two attached hydrogens (primary N) is 1. The van der Waals surface area contributed by atoms with Gasteiger partial charge in [0.2, 0.25) is 0 Å². The van der Waals surface area contributed by atoms with Crippen LogP contribution in [0.15, 0.2) is 12.1 Å². The van der Waals surface area contributed by atoms with Gasteiger partial charge in [-0.05, 0) is 17.7 Å². The molecule has 0 amide bonds. The number of phenols is 1. The number of nitriles is 1. The highest BCUT2D eigenvalue weighted by Crippen LogP contribution is 2.36. The molecule has 1 aromatic carbocycles. The van der Waals surface area contributed by atoms with E-state index in [2.05, 4.69) is 0 Å². The fourth-order valence-electron chi connectivity index (χ4n) is 1.00. The van der Waals surface area contributed by atoms with Gasteiger partial charge in [0.25, 0.3) is 0 Å². The van der Waals surface area contributed by atoms with Gasteiger partial charge < -0.3 is 15.6 Å². The Balaban J connectivity index is 3.24. The number of methoxy groups -OCH3 is 1. The van der Waals surface area contributed by atoms with Gasteiger partial charge in [0.1, 0.15) is 6.04 Å². The Bertz CT molecular complexity index is 387. The van der Waals surface area contributed by atoms with Crippen LogP contribution in [0.4, 0.5) is 0 Å². The van der Waals surface area contributed by atoms with Crippen molar-refractivity contribution in [2.45, 2.75) is 6.04 Å². The molecule has 0 aliphatic heterocycles. The Labute approximate surface area is 86.5 Å². The minimum Gasteiger partial charge on any atom is -0.503 e. The molecule has 1 atom stereocenters. The topological polar surface area (TPSA) is 79.3 Å². The maximum absolute atomic E-state index is 9.40. The second-order valence-corrected chi connectivity index (χ2v) is 3.07. The Morgan fingerprint density at radius 2 is 2.29 bits per heavy atom. The molecule has 1 unspecified atom stereocenters. The quantitative estimate of drug-likeness (QED) is 0.780. The molecule has 0 bridgehead atoms. The van der Waals surface area contributed by atoms with Crippen LogP contribution in [0.5, 0.6) is 11.5 Å². The first kappa shape index (κ1) is 10.6. The summed E-state index contributed by atoms with van der Waals surface area (Å²) in [6.07, 6.45) is 0. The zero-order valence-corrected chi connectivity index (χ0v) is 8.25. The molecule has 5 heteroatoms. The number of aromatic hydroxyl groups is 1. The molecular formula is C9H9ClN2O2. The first-order valence-corrected chi connectivity index (χ1v) is 4.19. The van der Waals surface area contributed by atoms with Gasteiger partial charge in [-0.25, -0.2) is 0 Å². The van der Waals surface area contributed by atoms with Crippen LogP contribution in [0, 0.1) is 11.3 Å². The van der Waals surface area contributed by atoms with Gasteiger partial charge in [-0.3, -0.25) is 0 Å². The molecule has 1 aromatic rings. The van der Waals surface area contributed by atoms with E-state index in [9.17, 15) is 5.11 Å². The van der Waals surface area contributed by atoms with Crippen LogP contribution >= 0.6 is 11.6 Å². The van der Waals surface area contributed by atoms with Crippen LogP contribution in [0.3, 0.4) is 0 Å². The predicted octanol–water partition coefficient (Wildman–Crippen LogP) is 1.58. The highest BCUT2D eigenvalue weighted by molar-refractivity contribution is 6.32. The van der Waals surface area contributed by atoms with Crippen LogP contribution in [-0.2, 0) is 0 Å². The van der Waals surface area contributed by atoms with Crippen molar-refractivity contribution in [2.75, 3.05) is 7.11 Å². The van der Waals surface area contributed by atoms with E-state index in [1.807, 2.05) is 6.07 Å². The van der Waals surface area contributed by atoms with Crippen LogP contribution in [-0.4, -0.2) is 12.2 Å². The van der Waals surface area contributed by atoms with Gasteiger partial charge in [0.05, 0.1) is 18.2 Å². The average molecular weight is 213 g/mol. The van der Waals surface area contributed by atoms with Crippen molar-refractivity contribution in [1.82, 2.24) is 0 Å². The van der Waals surface area contributed by atoms with Crippen LogP contribution in [0.2, 0.25) is 5.02 Å². The van der Waals surface area contributed by atoms with Crippen molar-refractivity contribution in [3.05, 3.63) is 22.7 Å². The van der Waals surface area contributed by atoms with Crippen molar-refractivity contribution < 1.29 is 9.84 Å². The van der Waals surface area contributed by atoms with Gasteiger partial charge in [0, 0.05) is 0 Å². The summed E-state index contributed by atoms with van der Waals surface area (Å²) in [5.74, 6) is 0.0567. The summed E-state index contributed by atoms with van der Waals surface area (Å²) in [7, 11) is 1.40. The van der Waals surface area contributed by atoms with Crippen molar-refractivity contribution >= 4 is 11.6 Å². The third-order valence-electron chi connectivity index (χ3n) is 1.77. The Morgan fingerprint density at radius 3 is 2.79 bits per heavy atom. The zero-order valence-electron chi connectivity index (χ0n) is 7.49. The molecule has 14 heavy (non-hydrogen) atoms. The van der Waals surface area contributed by atoms with Crippen LogP contribution in [0.1, 0.15) is 11.6 Å². The summed E-state index contributed by atoms with van der Waals surface area (Å²) in [5.41, 5.74) is 5.99. The lowest BCUT2D eigenvalue weighted by Crippen LogP contribution is -2.07. The lowest BCUT2D eigenvalue weighted by Gasteiger charge is -2.09. The first-order valence-electron chi connectivity index (χ1n) is 3.81. The minimum atomic E-state index is -0.776. The van der Waals surface area contributed by atoms with Crippen molar-refractivity contribution in [2.24, 2.45) is 5.73 Å². The van der Waals surface area contributed by atoms with E-state index in [4.69, 9.17) is 27.3 Å². The number of rotatable bonds is 2. The molecule has 0 radical (unpaired) electrons. The minimum absolute atomic E-state index is 0.116. The van der Waals surface area contributed by atoms with Crippen molar-refractivity contribution in [3.63, 3.8) is 0 Å². The molecule has 4 nitrogen and oxygen atoms in total. The van der Waals surface area contributed by atoms with Gasteiger partial charge in [0.15, 0.2) is 11.5 Å². The summed E-state index contributed by atoms with van der Waals surface area (Å²) in [4.78, 5) is 0. The number of benzene rings is 1. The lowest BCUT2D eigenvalue weighted by atomic mass is 10.1. The summed E-state index contributed by atoms with van der Waals surface area (Å²) in [6.45, 7) is 0. The normalized spacial score (nSPS) is 11.9. The number of phenolic OH excluding ortho intramolecular Hbond substituents is 1. The Morgan fingerprint density at radius 1 is 1.64 bits per heavy atom. The molecule has 74 valence electrons. The fourth-order valence-corrected chi connectivity index (χ4v) is 1.22. The Kier molecular flexibility index (Phi) is 3.18. The van der Waals surface area contributed by atoms with Crippen molar-refractivity contribution in [3.8, 4) is 17.6 Å². The predicted molar refractivity (Wildman–Crippen MR) is 52.2 cm³/mol. The van der Waals surface area contributed by atoms with Gasteiger partial charge in [-0.15, -0.1) is 0 Å². The molecule has 0 fully saturated rings. The largest absolute Gasteiger partial charge is 0.503 e. The molecule has 0 saturated carbocycles. The van der Waals surface area contributed by atoms with E-state index < -0.39 is 6.04 Å². The molecule has 0 spiro atoms. The highest BCUT2D eigenvalue weighted by Gasteiger charge is 2.12. The van der Waals surface area contributed by atoms with Crippen LogP contribution in [0.25, 0.3) is 0 Å². The first-order chi connectivity index (χ1) is 6.60. The number of nitrogens with zero attached hydrogens (tertiary/aromatic N) is 1. The van der Waals surface area contributed by atoms with Crippen LogP contribution < -0.4 is 10.5 Å². The number of halogens is 1. The second-order valence-electron chi connectivity index (χ2n) is 2.66. The standard InChI is InChI=1S/C9H9ClN2O2/c1-14-8-3-5(7(12)4-11)2-6(10)9(8)13/h2-3,7,13H,12H2,1H3. The van der Waals surface area contributed by atoms with E-state index in [1.165, 1.54) is 19.2 Å². The second kappa shape index (κ2) is 4.18. The number of hydrogen-bond acceptors (Lipinski definition) is 4. The highest BCUT2D eigenvalue weighted by atomic mass is 35.5. The molecule has 0 aliphatic rings. The summed E-state index contributed by atoms with van der Waals surface area (Å²) in [5, 5.41) is 18.1. The molecule has 3 N–H and O–H groups in total. The number of ether oxygens (including phenoxy) is 1. The lowest BCUT2D eigenvalue weighted by molar-refractivity contribution is 0.373. The molecule has 0 aliphatic carbocycles. The van der Waals surface area contributed by atoms with E-state index >= 15 is 0 Å². The summed E-state index contributed by atoms with van der Waals surface area (Å²) in [6, 6.07) is 4.00. The number of hydrogen-bond donors (Lipinski definition) is 2. The van der Waals surface area contributed by atoms with E-state index in [1.54, 1.807) is 0 Å². The average Bonchev–Trinajstić information content (AvgIpc) is 2.20. The summed E-state index contributed by atoms with van der Waals surface area (Å²) < 4.78 is 4.86. The van der Waals surface area contributed by atoms with Gasteiger partial charge in [-0.2, -0.15) is 5.26 Å². The monoisotopic (exact) mass is 212 g/mol. The molecule has 0 heterocycles. The zero-order chi connectivity index (χ0) is 10.7. The maximum Gasteiger partial charge on any atom is 0.176 e. The third-order valence-corrected chi connectivity index (χ3v) is 2.06. The summed E-state index contributed by atoms with van der Waals surface area (Å²) >= 11 is 5.70. The van der Waals surface area contributed by atoms with Crippen molar-refractivity contribution in [1.29, 1.82) is 5.26 Å². The molecule has 1 rings (SSSR count). The SMILES string of the molecule is COc1cc(C(N)C#N)cc(Cl)c1O. The smallest absolute Gasteiger partial charge is 0.176 e. The Hall–Kier alpha value is -1.44. The van der Waals surface area contributed by atoms with E-state index in [0.29, 0.717) is 5.56 Å².